The maximum absolute atomic E-state index is 11.5. The lowest BCUT2D eigenvalue weighted by Crippen LogP contribution is -2.41. The van der Waals surface area contributed by atoms with Crippen molar-refractivity contribution >= 4 is 29.7 Å². The molecule has 0 saturated heterocycles. The molecule has 0 radical (unpaired) electrons. The van der Waals surface area contributed by atoms with Crippen molar-refractivity contribution in [3.63, 3.8) is 0 Å². The molecule has 1 atom stereocenters. The molecule has 0 bridgehead atoms. The summed E-state index contributed by atoms with van der Waals surface area (Å²) in [5, 5.41) is 21.6. The minimum absolute atomic E-state index is 0.246. The Morgan fingerprint density at radius 3 is 2.00 bits per heavy atom. The average Bonchev–Trinajstić information content (AvgIpc) is 2.38. The van der Waals surface area contributed by atoms with E-state index in [1.54, 1.807) is 0 Å². The van der Waals surface area contributed by atoms with Gasteiger partial charge in [-0.25, -0.2) is 4.79 Å². The van der Waals surface area contributed by atoms with E-state index in [-0.39, 0.29) is 25.8 Å². The molecule has 0 saturated carbocycles. The van der Waals surface area contributed by atoms with Gasteiger partial charge in [0, 0.05) is 19.3 Å². The minimum atomic E-state index is -1.36. The number of aliphatic carboxylic acids is 2. The van der Waals surface area contributed by atoms with E-state index < -0.39 is 42.1 Å². The molecule has 0 heterocycles. The fourth-order valence-electron chi connectivity index (χ4n) is 1.29. The molecule has 0 aromatic rings. The van der Waals surface area contributed by atoms with Crippen LogP contribution in [0.4, 0.5) is 0 Å². The van der Waals surface area contributed by atoms with Crippen LogP contribution in [0.1, 0.15) is 25.7 Å². The van der Waals surface area contributed by atoms with Crippen LogP contribution in [0.2, 0.25) is 0 Å². The van der Waals surface area contributed by atoms with Gasteiger partial charge < -0.3 is 26.6 Å². The lowest BCUT2D eigenvalue weighted by molar-refractivity contribution is -0.143. The summed E-state index contributed by atoms with van der Waals surface area (Å²) in [4.78, 5) is 54.2. The number of primary amides is 1. The van der Waals surface area contributed by atoms with Crippen LogP contribution in [-0.2, 0) is 24.0 Å². The summed E-state index contributed by atoms with van der Waals surface area (Å²) in [6, 6.07) is -1.33. The molecule has 0 aliphatic heterocycles. The summed E-state index contributed by atoms with van der Waals surface area (Å²) in [5.41, 5.74) is 4.81. The van der Waals surface area contributed by atoms with Gasteiger partial charge in [-0.15, -0.1) is 0 Å². The summed E-state index contributed by atoms with van der Waals surface area (Å²) < 4.78 is 0. The van der Waals surface area contributed by atoms with Crippen molar-refractivity contribution in [3.05, 3.63) is 0 Å². The van der Waals surface area contributed by atoms with Crippen molar-refractivity contribution in [1.29, 1.82) is 0 Å². The van der Waals surface area contributed by atoms with Crippen molar-refractivity contribution in [3.8, 4) is 0 Å². The first-order chi connectivity index (χ1) is 9.72. The number of carbonyl (C=O) groups is 5. The molecule has 0 rings (SSSR count). The monoisotopic (exact) mass is 303 g/mol. The van der Waals surface area contributed by atoms with Crippen LogP contribution < -0.4 is 16.4 Å². The lowest BCUT2D eigenvalue weighted by atomic mass is 10.1. The maximum atomic E-state index is 11.5. The van der Waals surface area contributed by atoms with Crippen LogP contribution in [0.3, 0.4) is 0 Å². The summed E-state index contributed by atoms with van der Waals surface area (Å²) >= 11 is 0. The van der Waals surface area contributed by atoms with Crippen molar-refractivity contribution in [2.45, 2.75) is 31.7 Å². The van der Waals surface area contributed by atoms with E-state index in [4.69, 9.17) is 15.9 Å². The van der Waals surface area contributed by atoms with Gasteiger partial charge in [-0.1, -0.05) is 0 Å². The molecule has 21 heavy (non-hydrogen) atoms. The number of carboxylic acid groups (broad SMARTS) is 2. The molecule has 0 spiro atoms. The van der Waals surface area contributed by atoms with Gasteiger partial charge in [-0.05, 0) is 6.42 Å². The van der Waals surface area contributed by atoms with Crippen LogP contribution in [0.15, 0.2) is 0 Å². The number of rotatable bonds is 10. The molecule has 118 valence electrons. The fourth-order valence-corrected chi connectivity index (χ4v) is 1.29. The number of nitrogens with one attached hydrogen (secondary N) is 2. The standard InChI is InChI=1S/C11H17N3O7/c12-7(15)5-13-8(16)2-3-9(17)14-6(11(20)21)1-4-10(18)19/h6H,1-5H2,(H2,12,15)(H,13,16)(H,14,17)(H,18,19)(H,20,21)/t6-/m1/s1. The van der Waals surface area contributed by atoms with Gasteiger partial charge in [0.15, 0.2) is 0 Å². The predicted molar refractivity (Wildman–Crippen MR) is 67.9 cm³/mol. The number of hydrogen-bond donors (Lipinski definition) is 5. The Morgan fingerprint density at radius 2 is 1.52 bits per heavy atom. The van der Waals surface area contributed by atoms with Gasteiger partial charge in [0.2, 0.25) is 17.7 Å². The number of amides is 3. The number of nitrogens with two attached hydrogens (primary N) is 1. The zero-order chi connectivity index (χ0) is 16.4. The zero-order valence-corrected chi connectivity index (χ0v) is 11.1. The maximum Gasteiger partial charge on any atom is 0.326 e. The third-order valence-electron chi connectivity index (χ3n) is 2.32. The molecule has 0 fully saturated rings. The molecule has 10 nitrogen and oxygen atoms in total. The molecule has 10 heteroatoms. The number of carboxylic acids is 2. The zero-order valence-electron chi connectivity index (χ0n) is 11.1. The first kappa shape index (κ1) is 18.4. The van der Waals surface area contributed by atoms with E-state index in [1.165, 1.54) is 0 Å². The highest BCUT2D eigenvalue weighted by Gasteiger charge is 2.21. The largest absolute Gasteiger partial charge is 0.481 e. The Labute approximate surface area is 119 Å². The summed E-state index contributed by atoms with van der Waals surface area (Å²) in [6.07, 6.45) is -1.20. The Bertz CT molecular complexity index is 436. The first-order valence-corrected chi connectivity index (χ1v) is 6.01. The van der Waals surface area contributed by atoms with Crippen molar-refractivity contribution < 1.29 is 34.2 Å². The summed E-state index contributed by atoms with van der Waals surface area (Å²) in [6.45, 7) is -0.350. The highest BCUT2D eigenvalue weighted by molar-refractivity contribution is 5.88. The Balaban J connectivity index is 4.14. The van der Waals surface area contributed by atoms with Gasteiger partial charge in [-0.3, -0.25) is 19.2 Å². The second kappa shape index (κ2) is 9.28. The normalized spacial score (nSPS) is 11.2. The summed E-state index contributed by atoms with van der Waals surface area (Å²) in [7, 11) is 0. The minimum Gasteiger partial charge on any atom is -0.481 e. The van der Waals surface area contributed by atoms with Crippen molar-refractivity contribution in [2.75, 3.05) is 6.54 Å². The van der Waals surface area contributed by atoms with E-state index in [9.17, 15) is 24.0 Å². The van der Waals surface area contributed by atoms with E-state index >= 15 is 0 Å². The molecule has 0 aliphatic carbocycles. The second-order valence-electron chi connectivity index (χ2n) is 4.13. The molecular weight excluding hydrogens is 286 g/mol. The topological polar surface area (TPSA) is 176 Å². The van der Waals surface area contributed by atoms with Crippen LogP contribution >= 0.6 is 0 Å². The van der Waals surface area contributed by atoms with Gasteiger partial charge >= 0.3 is 11.9 Å². The average molecular weight is 303 g/mol. The highest BCUT2D eigenvalue weighted by atomic mass is 16.4. The molecule has 0 aromatic heterocycles. The van der Waals surface area contributed by atoms with Crippen molar-refractivity contribution in [1.82, 2.24) is 10.6 Å². The highest BCUT2D eigenvalue weighted by Crippen LogP contribution is 2.00. The van der Waals surface area contributed by atoms with Gasteiger partial charge in [-0.2, -0.15) is 0 Å². The molecular formula is C11H17N3O7. The van der Waals surface area contributed by atoms with Crippen molar-refractivity contribution in [2.24, 2.45) is 5.73 Å². The Hall–Kier alpha value is -2.65. The third-order valence-corrected chi connectivity index (χ3v) is 2.32. The number of hydrogen-bond acceptors (Lipinski definition) is 5. The third kappa shape index (κ3) is 9.87. The SMILES string of the molecule is NC(=O)CNC(=O)CCC(=O)N[C@H](CCC(=O)O)C(=O)O. The fraction of sp³-hybridized carbons (Fsp3) is 0.545. The van der Waals surface area contributed by atoms with Crippen LogP contribution in [0.25, 0.3) is 0 Å². The molecule has 3 amide bonds. The van der Waals surface area contributed by atoms with E-state index in [2.05, 4.69) is 10.6 Å². The van der Waals surface area contributed by atoms with E-state index in [0.29, 0.717) is 0 Å². The van der Waals surface area contributed by atoms with Crippen LogP contribution in [0.5, 0.6) is 0 Å². The molecule has 0 aliphatic rings. The quantitative estimate of drug-likeness (QED) is 0.304. The summed E-state index contributed by atoms with van der Waals surface area (Å²) in [5.74, 6) is -4.56. The Kier molecular flexibility index (Phi) is 8.11. The van der Waals surface area contributed by atoms with Gasteiger partial charge in [0.05, 0.1) is 6.54 Å². The lowest BCUT2D eigenvalue weighted by Gasteiger charge is -2.13. The molecule has 0 aromatic carbocycles. The predicted octanol–water partition coefficient (Wildman–Crippen LogP) is -2.20. The van der Waals surface area contributed by atoms with Crippen LogP contribution in [0, 0.1) is 0 Å². The van der Waals surface area contributed by atoms with Crippen LogP contribution in [-0.4, -0.2) is 52.5 Å². The van der Waals surface area contributed by atoms with E-state index in [0.717, 1.165) is 0 Å². The first-order valence-electron chi connectivity index (χ1n) is 6.01. The Morgan fingerprint density at radius 1 is 0.952 bits per heavy atom. The second-order valence-corrected chi connectivity index (χ2v) is 4.13. The van der Waals surface area contributed by atoms with E-state index in [1.807, 2.05) is 0 Å². The number of carbonyl (C=O) groups excluding carboxylic acids is 3. The smallest absolute Gasteiger partial charge is 0.326 e. The molecule has 0 unspecified atom stereocenters. The van der Waals surface area contributed by atoms with Gasteiger partial charge in [0.1, 0.15) is 6.04 Å². The molecule has 6 N–H and O–H groups in total. The van der Waals surface area contributed by atoms with Gasteiger partial charge in [0.25, 0.3) is 0 Å².